The Balaban J connectivity index is 1.48. The number of anilines is 2. The van der Waals surface area contributed by atoms with Crippen molar-refractivity contribution in [2.24, 2.45) is 5.73 Å². The molecule has 0 radical (unpaired) electrons. The number of carbonyl (C=O) groups excluding carboxylic acids is 3. The Morgan fingerprint density at radius 1 is 1.11 bits per heavy atom. The predicted octanol–water partition coefficient (Wildman–Crippen LogP) is 1.08. The van der Waals surface area contributed by atoms with E-state index in [2.05, 4.69) is 5.32 Å². The van der Waals surface area contributed by atoms with Crippen LogP contribution in [0.5, 0.6) is 0 Å². The SMILES string of the molecule is N=C(N)c1ccc(NC(=O)[C@H](O)[C@H]2OCCN(c3cc(F)cc(C(=O)N4CCCC4)c3)C2=O)cc1. The van der Waals surface area contributed by atoms with Crippen molar-refractivity contribution in [2.45, 2.75) is 25.0 Å². The van der Waals surface area contributed by atoms with Crippen molar-refractivity contribution in [3.63, 3.8) is 0 Å². The number of nitrogens with two attached hydrogens (primary N) is 1. The Kier molecular flexibility index (Phi) is 7.08. The van der Waals surface area contributed by atoms with Gasteiger partial charge in [0.15, 0.2) is 12.2 Å². The zero-order valence-corrected chi connectivity index (χ0v) is 18.9. The van der Waals surface area contributed by atoms with Gasteiger partial charge in [0.05, 0.1) is 6.61 Å². The summed E-state index contributed by atoms with van der Waals surface area (Å²) >= 11 is 0. The Hall–Kier alpha value is -3.83. The fraction of sp³-hybridized carbons (Fsp3) is 0.333. The largest absolute Gasteiger partial charge is 0.384 e. The van der Waals surface area contributed by atoms with Gasteiger partial charge in [0.25, 0.3) is 17.7 Å². The minimum absolute atomic E-state index is 0.0000265. The molecule has 0 bridgehead atoms. The average Bonchev–Trinajstić information content (AvgIpc) is 3.38. The quantitative estimate of drug-likeness (QED) is 0.357. The van der Waals surface area contributed by atoms with Crippen LogP contribution >= 0.6 is 0 Å². The van der Waals surface area contributed by atoms with Gasteiger partial charge in [-0.1, -0.05) is 0 Å². The van der Waals surface area contributed by atoms with Gasteiger partial charge < -0.3 is 30.7 Å². The lowest BCUT2D eigenvalue weighted by molar-refractivity contribution is -0.150. The highest BCUT2D eigenvalue weighted by atomic mass is 19.1. The highest BCUT2D eigenvalue weighted by Gasteiger charge is 2.39. The molecule has 2 fully saturated rings. The fourth-order valence-electron chi connectivity index (χ4n) is 4.13. The lowest BCUT2D eigenvalue weighted by atomic mass is 10.1. The van der Waals surface area contributed by atoms with E-state index < -0.39 is 29.8 Å². The molecule has 4 rings (SSSR count). The third kappa shape index (κ3) is 5.31. The van der Waals surface area contributed by atoms with Crippen LogP contribution in [0.2, 0.25) is 0 Å². The van der Waals surface area contributed by atoms with Gasteiger partial charge in [-0.05, 0) is 55.3 Å². The van der Waals surface area contributed by atoms with Crippen molar-refractivity contribution in [2.75, 3.05) is 36.5 Å². The molecule has 3 amide bonds. The summed E-state index contributed by atoms with van der Waals surface area (Å²) in [5.74, 6) is -2.71. The first-order valence-corrected chi connectivity index (χ1v) is 11.2. The molecule has 2 aromatic carbocycles. The number of amidine groups is 1. The number of aliphatic hydroxyl groups is 1. The van der Waals surface area contributed by atoms with Crippen LogP contribution in [0.1, 0.15) is 28.8 Å². The van der Waals surface area contributed by atoms with Crippen molar-refractivity contribution < 1.29 is 28.6 Å². The van der Waals surface area contributed by atoms with Crippen molar-refractivity contribution in [1.82, 2.24) is 4.90 Å². The zero-order valence-electron chi connectivity index (χ0n) is 18.9. The maximum Gasteiger partial charge on any atom is 0.259 e. The number of nitrogens with zero attached hydrogens (tertiary/aromatic N) is 2. The van der Waals surface area contributed by atoms with Crippen LogP contribution in [-0.2, 0) is 14.3 Å². The Morgan fingerprint density at radius 3 is 2.46 bits per heavy atom. The van der Waals surface area contributed by atoms with E-state index in [4.69, 9.17) is 15.9 Å². The summed E-state index contributed by atoms with van der Waals surface area (Å²) < 4.78 is 19.8. The maximum atomic E-state index is 14.4. The number of carbonyl (C=O) groups is 3. The first kappa shape index (κ1) is 24.3. The number of nitrogens with one attached hydrogen (secondary N) is 2. The molecular weight excluding hydrogens is 457 g/mol. The first-order valence-electron chi connectivity index (χ1n) is 11.2. The number of halogens is 1. The number of morpholine rings is 1. The summed E-state index contributed by atoms with van der Waals surface area (Å²) in [5.41, 5.74) is 6.48. The van der Waals surface area contributed by atoms with E-state index in [-0.39, 0.29) is 36.1 Å². The molecule has 0 aromatic heterocycles. The van der Waals surface area contributed by atoms with Gasteiger partial charge in [0.2, 0.25) is 0 Å². The molecule has 2 aromatic rings. The van der Waals surface area contributed by atoms with Gasteiger partial charge >= 0.3 is 0 Å². The van der Waals surface area contributed by atoms with E-state index in [1.807, 2.05) is 0 Å². The highest BCUT2D eigenvalue weighted by Crippen LogP contribution is 2.25. The minimum atomic E-state index is -1.84. The molecule has 2 aliphatic heterocycles. The van der Waals surface area contributed by atoms with Crippen LogP contribution in [0.25, 0.3) is 0 Å². The molecule has 35 heavy (non-hydrogen) atoms. The predicted molar refractivity (Wildman–Crippen MR) is 126 cm³/mol. The number of amides is 3. The van der Waals surface area contributed by atoms with Crippen molar-refractivity contribution in [3.05, 3.63) is 59.4 Å². The Bertz CT molecular complexity index is 1150. The average molecular weight is 484 g/mol. The van der Waals surface area contributed by atoms with E-state index in [1.54, 1.807) is 4.90 Å². The summed E-state index contributed by atoms with van der Waals surface area (Å²) in [4.78, 5) is 41.2. The van der Waals surface area contributed by atoms with E-state index in [0.717, 1.165) is 25.0 Å². The third-order valence-electron chi connectivity index (χ3n) is 5.98. The van der Waals surface area contributed by atoms with Crippen molar-refractivity contribution >= 4 is 34.9 Å². The molecular formula is C24H26FN5O5. The van der Waals surface area contributed by atoms with E-state index in [1.165, 1.54) is 35.2 Å². The number of benzene rings is 2. The Morgan fingerprint density at radius 2 is 1.80 bits per heavy atom. The molecule has 0 unspecified atom stereocenters. The molecule has 0 spiro atoms. The number of aliphatic hydroxyl groups excluding tert-OH is 1. The lowest BCUT2D eigenvalue weighted by Crippen LogP contribution is -2.55. The standard InChI is InChI=1S/C24H26FN5O5/c25-16-11-15(23(33)29-7-1-2-8-29)12-18(13-16)30-9-10-35-20(24(30)34)19(31)22(32)28-17-5-3-14(4-6-17)21(26)27/h3-6,11-13,19-20,31H,1-2,7-10H2,(H3,26,27)(H,28,32)/t19-,20-/m1/s1. The normalized spacial score (nSPS) is 18.9. The van der Waals surface area contributed by atoms with Crippen LogP contribution in [0.3, 0.4) is 0 Å². The van der Waals surface area contributed by atoms with Crippen LogP contribution in [-0.4, -0.2) is 72.0 Å². The molecule has 0 aliphatic carbocycles. The van der Waals surface area contributed by atoms with Crippen molar-refractivity contribution in [3.8, 4) is 0 Å². The van der Waals surface area contributed by atoms with E-state index in [0.29, 0.717) is 24.3 Å². The van der Waals surface area contributed by atoms with Gasteiger partial charge in [-0.2, -0.15) is 0 Å². The van der Waals surface area contributed by atoms with Gasteiger partial charge in [-0.15, -0.1) is 0 Å². The summed E-state index contributed by atoms with van der Waals surface area (Å²) in [6.45, 7) is 1.26. The topological polar surface area (TPSA) is 149 Å². The summed E-state index contributed by atoms with van der Waals surface area (Å²) in [6, 6.07) is 9.76. The summed E-state index contributed by atoms with van der Waals surface area (Å²) in [6.07, 6.45) is -1.57. The van der Waals surface area contributed by atoms with Crippen LogP contribution in [0.15, 0.2) is 42.5 Å². The zero-order chi connectivity index (χ0) is 25.1. The third-order valence-corrected chi connectivity index (χ3v) is 5.98. The molecule has 184 valence electrons. The van der Waals surface area contributed by atoms with Crippen LogP contribution in [0.4, 0.5) is 15.8 Å². The second-order valence-corrected chi connectivity index (χ2v) is 8.40. The summed E-state index contributed by atoms with van der Waals surface area (Å²) in [7, 11) is 0. The number of nitrogen functional groups attached to an aromatic ring is 1. The van der Waals surface area contributed by atoms with Crippen LogP contribution < -0.4 is 16.0 Å². The fourth-order valence-corrected chi connectivity index (χ4v) is 4.13. The second kappa shape index (κ2) is 10.2. The first-order chi connectivity index (χ1) is 16.7. The van der Waals surface area contributed by atoms with Gasteiger partial charge in [-0.3, -0.25) is 19.8 Å². The van der Waals surface area contributed by atoms with E-state index in [9.17, 15) is 23.9 Å². The summed E-state index contributed by atoms with van der Waals surface area (Å²) in [5, 5.41) is 20.4. The smallest absolute Gasteiger partial charge is 0.259 e. The molecule has 0 saturated carbocycles. The van der Waals surface area contributed by atoms with Crippen LogP contribution in [0, 0.1) is 11.2 Å². The molecule has 10 nitrogen and oxygen atoms in total. The molecule has 11 heteroatoms. The molecule has 2 saturated heterocycles. The van der Waals surface area contributed by atoms with Gasteiger partial charge in [0.1, 0.15) is 11.7 Å². The van der Waals surface area contributed by atoms with Gasteiger partial charge in [-0.25, -0.2) is 4.39 Å². The molecule has 2 aliphatic rings. The maximum absolute atomic E-state index is 14.4. The number of ether oxygens (including phenoxy) is 1. The van der Waals surface area contributed by atoms with Gasteiger partial charge in [0, 0.05) is 42.1 Å². The second-order valence-electron chi connectivity index (χ2n) is 8.40. The Labute approximate surface area is 201 Å². The molecule has 2 heterocycles. The molecule has 5 N–H and O–H groups in total. The number of rotatable bonds is 6. The molecule has 2 atom stereocenters. The number of likely N-dealkylation sites (tertiary alicyclic amines) is 1. The monoisotopic (exact) mass is 483 g/mol. The van der Waals surface area contributed by atoms with E-state index >= 15 is 0 Å². The lowest BCUT2D eigenvalue weighted by Gasteiger charge is -2.34. The number of hydrogen-bond donors (Lipinski definition) is 4. The minimum Gasteiger partial charge on any atom is -0.384 e. The van der Waals surface area contributed by atoms with Crippen molar-refractivity contribution in [1.29, 1.82) is 5.41 Å². The number of hydrogen-bond acceptors (Lipinski definition) is 6. The highest BCUT2D eigenvalue weighted by molar-refractivity contribution is 6.05.